The van der Waals surface area contributed by atoms with Gasteiger partial charge >= 0.3 is 5.69 Å². The van der Waals surface area contributed by atoms with Gasteiger partial charge in [-0.25, -0.2) is 0 Å². The van der Waals surface area contributed by atoms with E-state index in [-0.39, 0.29) is 17.2 Å². The second kappa shape index (κ2) is 5.04. The van der Waals surface area contributed by atoms with E-state index < -0.39 is 0 Å². The number of rotatable bonds is 2. The molecule has 0 saturated carbocycles. The second-order valence-electron chi connectivity index (χ2n) is 2.99. The molecule has 7 nitrogen and oxygen atoms in total. The van der Waals surface area contributed by atoms with Gasteiger partial charge in [0, 0.05) is 21.4 Å². The van der Waals surface area contributed by atoms with Crippen molar-refractivity contribution in [2.45, 2.75) is 0 Å². The van der Waals surface area contributed by atoms with E-state index in [1.807, 2.05) is 0 Å². The molecule has 0 aliphatic heterocycles. The monoisotopic (exact) mass is 299 g/mol. The third kappa shape index (κ3) is 2.33. The van der Waals surface area contributed by atoms with Crippen LogP contribution in [0.15, 0.2) is 31.9 Å². The lowest BCUT2D eigenvalue weighted by atomic mass is 10.2. The highest BCUT2D eigenvalue weighted by atomic mass is 79.9. The van der Waals surface area contributed by atoms with Gasteiger partial charge in [-0.05, 0) is 11.6 Å². The lowest BCUT2D eigenvalue weighted by Gasteiger charge is -1.99. The van der Waals surface area contributed by atoms with E-state index in [1.165, 1.54) is 6.07 Å². The summed E-state index contributed by atoms with van der Waals surface area (Å²) in [5.74, 6) is 5.13. The van der Waals surface area contributed by atoms with Crippen molar-refractivity contribution < 1.29 is 9.22 Å². The zero-order valence-corrected chi connectivity index (χ0v) is 10.2. The van der Waals surface area contributed by atoms with Crippen LogP contribution in [-0.4, -0.2) is 4.81 Å². The minimum Gasteiger partial charge on any atom is -0.445 e. The summed E-state index contributed by atoms with van der Waals surface area (Å²) in [6.07, 6.45) is 2.36. The Bertz CT molecular complexity index is 624. The number of nitrogens with two attached hydrogens (primary N) is 1. The molecular weight excluding hydrogens is 290 g/mol. The van der Waals surface area contributed by atoms with Crippen LogP contribution in [-0.2, 0) is 0 Å². The average Bonchev–Trinajstić information content (AvgIpc) is 2.28. The van der Waals surface area contributed by atoms with Gasteiger partial charge in [-0.1, -0.05) is 21.5 Å². The molecule has 2 rings (SSSR count). The van der Waals surface area contributed by atoms with Crippen molar-refractivity contribution in [3.05, 3.63) is 39.2 Å². The fourth-order valence-corrected chi connectivity index (χ4v) is 1.77. The van der Waals surface area contributed by atoms with Gasteiger partial charge in [-0.3, -0.25) is 4.79 Å². The number of nitrogens with zero attached hydrogens (tertiary/aromatic N) is 1. The van der Waals surface area contributed by atoms with E-state index in [0.29, 0.717) is 15.5 Å². The van der Waals surface area contributed by atoms with Crippen LogP contribution in [0.25, 0.3) is 11.0 Å². The Morgan fingerprint density at radius 2 is 2.24 bits per heavy atom. The van der Waals surface area contributed by atoms with Crippen molar-refractivity contribution >= 4 is 32.6 Å². The number of halogens is 1. The molecule has 7 N–H and O–H groups in total. The summed E-state index contributed by atoms with van der Waals surface area (Å²) in [6.45, 7) is 0. The predicted octanol–water partition coefficient (Wildman–Crippen LogP) is 1.57. The van der Waals surface area contributed by atoms with Gasteiger partial charge in [0.25, 0.3) is 0 Å². The summed E-state index contributed by atoms with van der Waals surface area (Å²) in [5.41, 5.74) is 9.98. The molecule has 1 heterocycles. The molecule has 2 aromatic rings. The zero-order chi connectivity index (χ0) is 11.7. The highest BCUT2D eigenvalue weighted by Gasteiger charge is 2.18. The zero-order valence-electron chi connectivity index (χ0n) is 8.66. The fourth-order valence-electron chi connectivity index (χ4n) is 1.32. The van der Waals surface area contributed by atoms with Gasteiger partial charge in [0.15, 0.2) is 11.7 Å². The molecule has 17 heavy (non-hydrogen) atoms. The summed E-state index contributed by atoms with van der Waals surface area (Å²) in [6, 6.07) is 4.41. The Balaban J connectivity index is 0.00000144. The molecule has 1 radical (unpaired) electrons. The van der Waals surface area contributed by atoms with E-state index in [4.69, 9.17) is 15.8 Å². The molecule has 1 aromatic heterocycles. The van der Waals surface area contributed by atoms with Crippen molar-refractivity contribution in [3.8, 4) is 0 Å². The lowest BCUT2D eigenvalue weighted by molar-refractivity contribution is -0.596. The molecule has 1 aromatic carbocycles. The quantitative estimate of drug-likeness (QED) is 0.289. The Kier molecular flexibility index (Phi) is 3.94. The first-order chi connectivity index (χ1) is 7.63. The van der Waals surface area contributed by atoms with E-state index >= 15 is 0 Å². The molecule has 0 atom stereocenters. The highest BCUT2D eigenvalue weighted by molar-refractivity contribution is 9.10. The molecule has 0 aliphatic rings. The van der Waals surface area contributed by atoms with Crippen molar-refractivity contribution in [1.82, 2.24) is 11.7 Å². The van der Waals surface area contributed by atoms with Crippen molar-refractivity contribution in [2.75, 3.05) is 0 Å². The van der Waals surface area contributed by atoms with E-state index in [9.17, 15) is 4.79 Å². The third-order valence-electron chi connectivity index (χ3n) is 2.02. The fraction of sp³-hybridized carbons (Fsp3) is 0. The predicted molar refractivity (Wildman–Crippen MR) is 64.0 cm³/mol. The Labute approximate surface area is 104 Å². The molecule has 8 heteroatoms. The smallest absolute Gasteiger partial charge is 0.310 e. The molecule has 0 amide bonds. The van der Waals surface area contributed by atoms with Gasteiger partial charge < -0.3 is 10.6 Å². The third-order valence-corrected chi connectivity index (χ3v) is 2.48. The van der Waals surface area contributed by atoms with E-state index in [1.54, 1.807) is 12.1 Å². The maximum atomic E-state index is 11.6. The van der Waals surface area contributed by atoms with Crippen molar-refractivity contribution in [1.29, 1.82) is 5.53 Å². The van der Waals surface area contributed by atoms with Crippen LogP contribution in [0, 0.1) is 11.8 Å². The summed E-state index contributed by atoms with van der Waals surface area (Å²) in [7, 11) is 0. The number of hydrogen-bond donors (Lipinski definition) is 4. The largest absolute Gasteiger partial charge is 0.445 e. The van der Waals surface area contributed by atoms with Crippen LogP contribution < -0.4 is 23.0 Å². The SMILES string of the molecule is N.N=[N+](NN)c1cc(Br)cc2c(=O)c[c]oc12. The number of hydrogen-bond acceptors (Lipinski definition) is 5. The van der Waals surface area contributed by atoms with Gasteiger partial charge in [-0.15, -0.1) is 0 Å². The summed E-state index contributed by atoms with van der Waals surface area (Å²) < 4.78 is 5.75. The number of nitrogens with one attached hydrogen (secondary N) is 2. The maximum Gasteiger partial charge on any atom is 0.310 e. The minimum atomic E-state index is -0.228. The number of hydrazine groups is 2. The van der Waals surface area contributed by atoms with Crippen molar-refractivity contribution in [3.63, 3.8) is 0 Å². The normalized spacial score (nSPS) is 9.76. The summed E-state index contributed by atoms with van der Waals surface area (Å²) in [5, 5.41) is 0.357. The van der Waals surface area contributed by atoms with Gasteiger partial charge in [-0.2, -0.15) is 5.84 Å². The maximum absolute atomic E-state index is 11.6. The number of fused-ring (bicyclic) bond motifs is 1. The lowest BCUT2D eigenvalue weighted by Crippen LogP contribution is -2.29. The summed E-state index contributed by atoms with van der Waals surface area (Å²) in [4.78, 5) is 12.3. The topological polar surface area (TPSA) is 130 Å². The second-order valence-corrected chi connectivity index (χ2v) is 3.91. The first kappa shape index (κ1) is 13.3. The molecule has 0 spiro atoms. The van der Waals surface area contributed by atoms with Crippen LogP contribution >= 0.6 is 15.9 Å². The molecule has 0 aliphatic carbocycles. The standard InChI is InChI=1S/C9H6BrN4O2.H3N/c10-5-3-6-8(15)1-2-16-9(6)7(4-5)14(12)13-11;/h1,3-4,11H,12H2;1H3/p+1. The van der Waals surface area contributed by atoms with Gasteiger partial charge in [0.2, 0.25) is 5.58 Å². The molecular formula is C9H10BrN5O2+. The van der Waals surface area contributed by atoms with Crippen LogP contribution in [0.1, 0.15) is 0 Å². The first-order valence-corrected chi connectivity index (χ1v) is 5.04. The van der Waals surface area contributed by atoms with Crippen LogP contribution in [0.3, 0.4) is 0 Å². The average molecular weight is 300 g/mol. The number of benzene rings is 1. The Hall–Kier alpha value is -1.77. The first-order valence-electron chi connectivity index (χ1n) is 4.24. The van der Waals surface area contributed by atoms with E-state index in [2.05, 4.69) is 27.7 Å². The van der Waals surface area contributed by atoms with Gasteiger partial charge in [0.1, 0.15) is 0 Å². The summed E-state index contributed by atoms with van der Waals surface area (Å²) >= 11 is 3.25. The van der Waals surface area contributed by atoms with Crippen LogP contribution in [0.4, 0.5) is 5.69 Å². The minimum absolute atomic E-state index is 0. The van der Waals surface area contributed by atoms with E-state index in [0.717, 1.165) is 4.81 Å². The Morgan fingerprint density at radius 1 is 1.53 bits per heavy atom. The molecule has 0 fully saturated rings. The van der Waals surface area contributed by atoms with Gasteiger partial charge in [0.05, 0.1) is 5.39 Å². The van der Waals surface area contributed by atoms with Crippen LogP contribution in [0.5, 0.6) is 0 Å². The van der Waals surface area contributed by atoms with Crippen LogP contribution in [0.2, 0.25) is 0 Å². The Morgan fingerprint density at radius 3 is 2.88 bits per heavy atom. The van der Waals surface area contributed by atoms with Crippen molar-refractivity contribution in [2.24, 2.45) is 5.84 Å². The molecule has 89 valence electrons. The molecule has 0 bridgehead atoms. The molecule has 0 unspecified atom stereocenters. The molecule has 0 saturated heterocycles. The highest BCUT2D eigenvalue weighted by Crippen LogP contribution is 2.27.